The van der Waals surface area contributed by atoms with Crippen molar-refractivity contribution in [3.8, 4) is 0 Å². The molecule has 0 unspecified atom stereocenters. The Labute approximate surface area is 110 Å². The molecule has 4 heteroatoms. The first kappa shape index (κ1) is 36.4. The van der Waals surface area contributed by atoms with Crippen LogP contribution in [0.3, 0.4) is 0 Å². The molecule has 2 N–H and O–H groups in total. The predicted octanol–water partition coefficient (Wildman–Crippen LogP) is 5.06. The summed E-state index contributed by atoms with van der Waals surface area (Å²) in [6, 6.07) is 0. The maximum absolute atomic E-state index is 7.08. The minimum atomic E-state index is -1.36. The van der Waals surface area contributed by atoms with Gasteiger partial charge < -0.3 is 31.9 Å². The van der Waals surface area contributed by atoms with Gasteiger partial charge in [-0.2, -0.15) is 27.8 Å². The van der Waals surface area contributed by atoms with Gasteiger partial charge in [-0.25, -0.2) is 0 Å². The van der Waals surface area contributed by atoms with Crippen LogP contribution in [-0.4, -0.2) is 15.3 Å². The second kappa shape index (κ2) is 48.7. The van der Waals surface area contributed by atoms with E-state index >= 15 is 0 Å². The van der Waals surface area contributed by atoms with Crippen LogP contribution in [0, 0.1) is 20.8 Å². The third kappa shape index (κ3) is 2360. The predicted molar refractivity (Wildman–Crippen MR) is 71.0 cm³/mol. The van der Waals surface area contributed by atoms with Crippen LogP contribution in [0.4, 0.5) is 0 Å². The summed E-state index contributed by atoms with van der Waals surface area (Å²) < 4.78 is 0. The monoisotopic (exact) mass is 386 g/mol. The Bertz CT molecular complexity index is 33.6. The van der Waals surface area contributed by atoms with Crippen LogP contribution < -0.4 is 0 Å². The molecular formula is C10H29N2SiTa. The maximum Gasteiger partial charge on any atom is 5.00 e. The van der Waals surface area contributed by atoms with Gasteiger partial charge in [-0.05, 0) is 0 Å². The first-order chi connectivity index (χ1) is 6.00. The fourth-order valence-corrected chi connectivity index (χ4v) is 0. The van der Waals surface area contributed by atoms with Gasteiger partial charge in [-0.1, -0.05) is 27.9 Å². The van der Waals surface area contributed by atoms with Crippen molar-refractivity contribution < 1.29 is 22.4 Å². The van der Waals surface area contributed by atoms with Crippen LogP contribution in [0.1, 0.15) is 20.8 Å². The zero-order valence-corrected chi connectivity index (χ0v) is 15.3. The molecule has 0 aromatic carbocycles. The van der Waals surface area contributed by atoms with E-state index in [2.05, 4.69) is 20.8 Å². The Kier molecular flexibility index (Phi) is 126. The van der Waals surface area contributed by atoms with E-state index in [4.69, 9.17) is 11.1 Å². The van der Waals surface area contributed by atoms with E-state index in [1.807, 2.05) is 19.6 Å². The van der Waals surface area contributed by atoms with Crippen LogP contribution in [0.5, 0.6) is 0 Å². The summed E-state index contributed by atoms with van der Waals surface area (Å²) in [5.41, 5.74) is 5.75. The van der Waals surface area contributed by atoms with Gasteiger partial charge in [0.2, 0.25) is 0 Å². The summed E-state index contributed by atoms with van der Waals surface area (Å²) in [7, 11) is -0.111. The van der Waals surface area contributed by atoms with Crippen molar-refractivity contribution in [2.75, 3.05) is 7.05 Å². The molecule has 0 aliphatic rings. The standard InChI is InChI=1S/C3H10NSi.3C2H5.CH4N.Ta/c1-5(2,3)4;4*1-2;/h4H,1-3H3;3*1H2,2H3;2H,1H3;/q5*-1;+5. The molecular weight excluding hydrogens is 357 g/mol. The van der Waals surface area contributed by atoms with E-state index in [0.29, 0.717) is 0 Å². The first-order valence-electron chi connectivity index (χ1n) is 4.37. The number of rotatable bonds is 0. The van der Waals surface area contributed by atoms with E-state index in [1.165, 1.54) is 7.05 Å². The summed E-state index contributed by atoms with van der Waals surface area (Å²) in [4.78, 5) is 0. The summed E-state index contributed by atoms with van der Waals surface area (Å²) in [5, 5.41) is 7.08. The Hall–Kier alpha value is 0.877. The molecule has 2 nitrogen and oxygen atoms in total. The normalized spacial score (nSPS) is 6.00. The van der Waals surface area contributed by atoms with Crippen molar-refractivity contribution in [3.63, 3.8) is 0 Å². The molecule has 88 valence electrons. The quantitative estimate of drug-likeness (QED) is 0.413. The van der Waals surface area contributed by atoms with Crippen molar-refractivity contribution in [3.05, 3.63) is 31.9 Å². The van der Waals surface area contributed by atoms with Crippen LogP contribution in [0.15, 0.2) is 0 Å². The SMILES string of the molecule is C[NH-].C[Si](C)(C)[NH-].[CH2-]C.[CH2-]C.[CH2-]C.[Ta+5]. The molecule has 0 aliphatic heterocycles. The molecule has 0 spiro atoms. The minimum Gasteiger partial charge on any atom is -0.680 e. The zero-order chi connectivity index (χ0) is 12.5. The van der Waals surface area contributed by atoms with Gasteiger partial charge in [0.1, 0.15) is 0 Å². The van der Waals surface area contributed by atoms with Gasteiger partial charge in [-0.15, -0.1) is 0 Å². The van der Waals surface area contributed by atoms with E-state index in [0.717, 1.165) is 0 Å². The molecule has 0 aliphatic carbocycles. The fraction of sp³-hybridized carbons (Fsp3) is 0.700. The molecule has 0 radical (unpaired) electrons. The van der Waals surface area contributed by atoms with Gasteiger partial charge in [-0.3, -0.25) is 0 Å². The van der Waals surface area contributed by atoms with Gasteiger partial charge in [0.05, 0.1) is 0 Å². The zero-order valence-electron chi connectivity index (χ0n) is 11.1. The second-order valence-electron chi connectivity index (χ2n) is 2.25. The molecule has 0 aromatic rings. The molecule has 0 amide bonds. The van der Waals surface area contributed by atoms with Crippen LogP contribution in [-0.2, 0) is 22.4 Å². The van der Waals surface area contributed by atoms with Gasteiger partial charge in [0.25, 0.3) is 0 Å². The molecule has 0 saturated carbocycles. The molecule has 0 aromatic heterocycles. The van der Waals surface area contributed by atoms with Crippen molar-refractivity contribution in [1.82, 2.24) is 0 Å². The van der Waals surface area contributed by atoms with Crippen molar-refractivity contribution in [1.29, 1.82) is 0 Å². The van der Waals surface area contributed by atoms with Crippen molar-refractivity contribution >= 4 is 8.24 Å². The average Bonchev–Trinajstić information content (AvgIpc) is 2.14. The first-order valence-corrected chi connectivity index (χ1v) is 7.87. The second-order valence-corrected chi connectivity index (χ2v) is 6.75. The summed E-state index contributed by atoms with van der Waals surface area (Å²) in [6.07, 6.45) is 0. The molecule has 14 heavy (non-hydrogen) atoms. The average molecular weight is 386 g/mol. The smallest absolute Gasteiger partial charge is 0.680 e. The number of hydrogen-bond donors (Lipinski definition) is 0. The fourth-order valence-electron chi connectivity index (χ4n) is 0. The third-order valence-electron chi connectivity index (χ3n) is 0. The molecule has 0 bridgehead atoms. The molecule has 0 fully saturated rings. The largest absolute Gasteiger partial charge is 5.00 e. The summed E-state index contributed by atoms with van der Waals surface area (Å²) in [6.45, 7) is 21.0. The van der Waals surface area contributed by atoms with Gasteiger partial charge in [0, 0.05) is 0 Å². The molecule has 0 atom stereocenters. The third-order valence-corrected chi connectivity index (χ3v) is 0. The van der Waals surface area contributed by atoms with Gasteiger partial charge >= 0.3 is 22.4 Å². The van der Waals surface area contributed by atoms with E-state index < -0.39 is 8.24 Å². The Morgan fingerprint density at radius 1 is 0.714 bits per heavy atom. The molecule has 0 heterocycles. The van der Waals surface area contributed by atoms with Crippen LogP contribution >= 0.6 is 0 Å². The minimum absolute atomic E-state index is 0. The number of hydrogen-bond acceptors (Lipinski definition) is 0. The topological polar surface area (TPSA) is 47.6 Å². The molecule has 0 rings (SSSR count). The summed E-state index contributed by atoms with van der Waals surface area (Å²) in [5.74, 6) is 0. The van der Waals surface area contributed by atoms with E-state index in [9.17, 15) is 0 Å². The van der Waals surface area contributed by atoms with Crippen molar-refractivity contribution in [2.45, 2.75) is 40.4 Å². The maximum atomic E-state index is 7.08. The summed E-state index contributed by atoms with van der Waals surface area (Å²) >= 11 is 0. The Morgan fingerprint density at radius 3 is 0.714 bits per heavy atom. The Morgan fingerprint density at radius 2 is 0.714 bits per heavy atom. The van der Waals surface area contributed by atoms with Crippen LogP contribution in [0.25, 0.3) is 11.1 Å². The van der Waals surface area contributed by atoms with E-state index in [1.54, 1.807) is 20.8 Å². The van der Waals surface area contributed by atoms with E-state index in [-0.39, 0.29) is 22.4 Å². The van der Waals surface area contributed by atoms with Gasteiger partial charge in [0.15, 0.2) is 0 Å². The molecule has 0 saturated heterocycles. The van der Waals surface area contributed by atoms with Crippen molar-refractivity contribution in [2.24, 2.45) is 0 Å². The number of nitrogens with one attached hydrogen (secondary N) is 2. The van der Waals surface area contributed by atoms with Crippen LogP contribution in [0.2, 0.25) is 19.6 Å². The Balaban J connectivity index is -0.0000000156.